The van der Waals surface area contributed by atoms with Crippen molar-refractivity contribution in [2.24, 2.45) is 0 Å². The molecule has 2 rings (SSSR count). The Labute approximate surface area is 105 Å². The number of rotatable bonds is 4. The first-order chi connectivity index (χ1) is 7.77. The number of halogens is 1. The van der Waals surface area contributed by atoms with E-state index in [0.717, 1.165) is 10.0 Å². The molecule has 16 heavy (non-hydrogen) atoms. The summed E-state index contributed by atoms with van der Waals surface area (Å²) in [6.07, 6.45) is 4.73. The number of hydrogen-bond acceptors (Lipinski definition) is 2. The second-order valence-electron chi connectivity index (χ2n) is 4.43. The molecule has 1 aliphatic rings. The Balaban J connectivity index is 1.87. The molecule has 1 saturated carbocycles. The van der Waals surface area contributed by atoms with Crippen LogP contribution in [0.3, 0.4) is 0 Å². The number of nitrogens with one attached hydrogen (secondary N) is 1. The zero-order chi connectivity index (χ0) is 11.4. The van der Waals surface area contributed by atoms with Gasteiger partial charge in [0.1, 0.15) is 0 Å². The van der Waals surface area contributed by atoms with Gasteiger partial charge in [0.25, 0.3) is 0 Å². The van der Waals surface area contributed by atoms with E-state index in [2.05, 4.69) is 21.2 Å². The highest BCUT2D eigenvalue weighted by molar-refractivity contribution is 9.10. The fourth-order valence-corrected chi connectivity index (χ4v) is 2.81. The summed E-state index contributed by atoms with van der Waals surface area (Å²) in [5.41, 5.74) is 0.966. The lowest BCUT2D eigenvalue weighted by Crippen LogP contribution is -2.30. The van der Waals surface area contributed by atoms with E-state index in [-0.39, 0.29) is 0 Å². The van der Waals surface area contributed by atoms with Crippen LogP contribution in [0.2, 0.25) is 0 Å². The monoisotopic (exact) mass is 283 g/mol. The summed E-state index contributed by atoms with van der Waals surface area (Å²) in [4.78, 5) is 0. The topological polar surface area (TPSA) is 32.3 Å². The predicted molar refractivity (Wildman–Crippen MR) is 69.4 cm³/mol. The molecule has 0 radical (unpaired) electrons. The Morgan fingerprint density at radius 1 is 1.31 bits per heavy atom. The SMILES string of the molecule is OC(CNC1CCCC1)c1ccccc1Br. The van der Waals surface area contributed by atoms with E-state index in [1.165, 1.54) is 25.7 Å². The fraction of sp³-hybridized carbons (Fsp3) is 0.538. The van der Waals surface area contributed by atoms with Crippen molar-refractivity contribution in [3.63, 3.8) is 0 Å². The molecule has 1 aliphatic carbocycles. The van der Waals surface area contributed by atoms with Crippen LogP contribution >= 0.6 is 15.9 Å². The molecule has 0 amide bonds. The summed E-state index contributed by atoms with van der Waals surface area (Å²) in [5.74, 6) is 0. The third-order valence-corrected chi connectivity index (χ3v) is 3.94. The molecule has 88 valence electrons. The predicted octanol–water partition coefficient (Wildman–Crippen LogP) is 3.01. The summed E-state index contributed by atoms with van der Waals surface area (Å²) < 4.78 is 0.982. The van der Waals surface area contributed by atoms with Crippen LogP contribution < -0.4 is 5.32 Å². The van der Waals surface area contributed by atoms with Gasteiger partial charge in [-0.1, -0.05) is 47.0 Å². The van der Waals surface area contributed by atoms with Crippen molar-refractivity contribution in [1.82, 2.24) is 5.32 Å². The molecule has 1 aromatic carbocycles. The van der Waals surface area contributed by atoms with Crippen molar-refractivity contribution in [3.8, 4) is 0 Å². The molecular weight excluding hydrogens is 266 g/mol. The summed E-state index contributed by atoms with van der Waals surface area (Å²) in [6.45, 7) is 0.646. The van der Waals surface area contributed by atoms with Crippen LogP contribution in [0.1, 0.15) is 37.4 Å². The van der Waals surface area contributed by atoms with Gasteiger partial charge in [-0.15, -0.1) is 0 Å². The number of aliphatic hydroxyl groups excluding tert-OH is 1. The maximum absolute atomic E-state index is 10.1. The smallest absolute Gasteiger partial charge is 0.0925 e. The molecule has 1 aromatic rings. The largest absolute Gasteiger partial charge is 0.387 e. The lowest BCUT2D eigenvalue weighted by Gasteiger charge is -2.17. The third kappa shape index (κ3) is 3.06. The maximum Gasteiger partial charge on any atom is 0.0925 e. The highest BCUT2D eigenvalue weighted by atomic mass is 79.9. The normalized spacial score (nSPS) is 18.9. The highest BCUT2D eigenvalue weighted by Crippen LogP contribution is 2.23. The van der Waals surface area contributed by atoms with E-state index in [1.807, 2.05) is 24.3 Å². The minimum atomic E-state index is -0.420. The lowest BCUT2D eigenvalue weighted by molar-refractivity contribution is 0.169. The third-order valence-electron chi connectivity index (χ3n) is 3.22. The van der Waals surface area contributed by atoms with Gasteiger partial charge in [-0.25, -0.2) is 0 Å². The number of hydrogen-bond donors (Lipinski definition) is 2. The standard InChI is InChI=1S/C13H18BrNO/c14-12-8-4-3-7-11(12)13(16)9-15-10-5-1-2-6-10/h3-4,7-8,10,13,15-16H,1-2,5-6,9H2. The molecule has 1 unspecified atom stereocenters. The van der Waals surface area contributed by atoms with Crippen LogP contribution in [0.15, 0.2) is 28.7 Å². The molecule has 0 aromatic heterocycles. The van der Waals surface area contributed by atoms with E-state index in [4.69, 9.17) is 0 Å². The molecule has 2 nitrogen and oxygen atoms in total. The molecule has 1 fully saturated rings. The quantitative estimate of drug-likeness (QED) is 0.890. The van der Waals surface area contributed by atoms with Crippen LogP contribution in [0.4, 0.5) is 0 Å². The minimum Gasteiger partial charge on any atom is -0.387 e. The van der Waals surface area contributed by atoms with Crippen molar-refractivity contribution in [1.29, 1.82) is 0 Å². The van der Waals surface area contributed by atoms with Crippen molar-refractivity contribution in [2.45, 2.75) is 37.8 Å². The van der Waals surface area contributed by atoms with Gasteiger partial charge in [0.05, 0.1) is 6.10 Å². The Kier molecular flexibility index (Phi) is 4.38. The van der Waals surface area contributed by atoms with E-state index in [1.54, 1.807) is 0 Å². The summed E-state index contributed by atoms with van der Waals surface area (Å²) in [6, 6.07) is 8.46. The molecule has 0 bridgehead atoms. The fourth-order valence-electron chi connectivity index (χ4n) is 2.26. The van der Waals surface area contributed by atoms with Gasteiger partial charge in [0, 0.05) is 17.1 Å². The summed E-state index contributed by atoms with van der Waals surface area (Å²) in [7, 11) is 0. The molecule has 2 N–H and O–H groups in total. The maximum atomic E-state index is 10.1. The van der Waals surface area contributed by atoms with Gasteiger partial charge in [0.15, 0.2) is 0 Å². The average Bonchev–Trinajstić information content (AvgIpc) is 2.79. The van der Waals surface area contributed by atoms with Crippen LogP contribution in [0.25, 0.3) is 0 Å². The van der Waals surface area contributed by atoms with Gasteiger partial charge in [-0.05, 0) is 24.5 Å². The van der Waals surface area contributed by atoms with Crippen molar-refractivity contribution >= 4 is 15.9 Å². The first-order valence-electron chi connectivity index (χ1n) is 5.93. The zero-order valence-electron chi connectivity index (χ0n) is 9.32. The number of aliphatic hydroxyl groups is 1. The Hall–Kier alpha value is -0.380. The lowest BCUT2D eigenvalue weighted by atomic mass is 10.1. The van der Waals surface area contributed by atoms with E-state index in [0.29, 0.717) is 12.6 Å². The minimum absolute atomic E-state index is 0.420. The first kappa shape index (κ1) is 12.1. The van der Waals surface area contributed by atoms with Crippen molar-refractivity contribution < 1.29 is 5.11 Å². The van der Waals surface area contributed by atoms with Gasteiger partial charge < -0.3 is 10.4 Å². The first-order valence-corrected chi connectivity index (χ1v) is 6.72. The Morgan fingerprint density at radius 2 is 2.00 bits per heavy atom. The molecule has 0 saturated heterocycles. The second kappa shape index (κ2) is 5.80. The second-order valence-corrected chi connectivity index (χ2v) is 5.28. The summed E-state index contributed by atoms with van der Waals surface area (Å²) >= 11 is 3.46. The van der Waals surface area contributed by atoms with Crippen LogP contribution in [-0.2, 0) is 0 Å². The molecular formula is C13H18BrNO. The molecule has 1 atom stereocenters. The average molecular weight is 284 g/mol. The van der Waals surface area contributed by atoms with Gasteiger partial charge >= 0.3 is 0 Å². The van der Waals surface area contributed by atoms with E-state index in [9.17, 15) is 5.11 Å². The van der Waals surface area contributed by atoms with Gasteiger partial charge in [0.2, 0.25) is 0 Å². The molecule has 3 heteroatoms. The van der Waals surface area contributed by atoms with E-state index < -0.39 is 6.10 Å². The summed E-state index contributed by atoms with van der Waals surface area (Å²) in [5, 5.41) is 13.5. The van der Waals surface area contributed by atoms with Crippen LogP contribution in [-0.4, -0.2) is 17.7 Å². The van der Waals surface area contributed by atoms with Gasteiger partial charge in [-0.3, -0.25) is 0 Å². The Morgan fingerprint density at radius 3 is 2.69 bits per heavy atom. The van der Waals surface area contributed by atoms with Gasteiger partial charge in [-0.2, -0.15) is 0 Å². The van der Waals surface area contributed by atoms with E-state index >= 15 is 0 Å². The van der Waals surface area contributed by atoms with Crippen LogP contribution in [0, 0.1) is 0 Å². The zero-order valence-corrected chi connectivity index (χ0v) is 10.9. The molecule has 0 aliphatic heterocycles. The van der Waals surface area contributed by atoms with Crippen molar-refractivity contribution in [2.75, 3.05) is 6.54 Å². The highest BCUT2D eigenvalue weighted by Gasteiger charge is 2.17. The van der Waals surface area contributed by atoms with Crippen LogP contribution in [0.5, 0.6) is 0 Å². The Bertz CT molecular complexity index is 336. The van der Waals surface area contributed by atoms with Crippen molar-refractivity contribution in [3.05, 3.63) is 34.3 Å². The number of benzene rings is 1. The molecule has 0 heterocycles. The molecule has 0 spiro atoms.